The van der Waals surface area contributed by atoms with Crippen LogP contribution in [0.4, 0.5) is 5.69 Å². The molecule has 1 amide bonds. The minimum atomic E-state index is -0.902. The molecule has 160 valence electrons. The van der Waals surface area contributed by atoms with Gasteiger partial charge in [-0.15, -0.1) is 0 Å². The van der Waals surface area contributed by atoms with Gasteiger partial charge in [0, 0.05) is 55.8 Å². The van der Waals surface area contributed by atoms with E-state index < -0.39 is 6.23 Å². The highest BCUT2D eigenvalue weighted by Gasteiger charge is 2.33. The molecule has 1 fully saturated rings. The molecule has 3 aromatic rings. The van der Waals surface area contributed by atoms with Gasteiger partial charge >= 0.3 is 0 Å². The van der Waals surface area contributed by atoms with Crippen molar-refractivity contribution >= 4 is 22.4 Å². The third kappa shape index (κ3) is 3.52. The average molecular weight is 418 g/mol. The number of amides is 1. The van der Waals surface area contributed by atoms with Crippen LogP contribution in [0.25, 0.3) is 10.8 Å². The third-order valence-electron chi connectivity index (χ3n) is 6.46. The summed E-state index contributed by atoms with van der Waals surface area (Å²) in [6, 6.07) is 19.7. The smallest absolute Gasteiger partial charge is 0.256 e. The quantitative estimate of drug-likeness (QED) is 0.691. The summed E-state index contributed by atoms with van der Waals surface area (Å²) in [5.41, 5.74) is 2.61. The molecule has 6 heteroatoms. The molecule has 31 heavy (non-hydrogen) atoms. The molecule has 2 heterocycles. The van der Waals surface area contributed by atoms with Crippen LogP contribution in [0.15, 0.2) is 60.7 Å². The van der Waals surface area contributed by atoms with Crippen molar-refractivity contribution in [2.75, 3.05) is 51.3 Å². The molecule has 1 N–H and O–H groups in total. The van der Waals surface area contributed by atoms with Crippen LogP contribution in [0.3, 0.4) is 0 Å². The Hall–Kier alpha value is -3.09. The van der Waals surface area contributed by atoms with E-state index in [2.05, 4.69) is 15.9 Å². The zero-order chi connectivity index (χ0) is 21.4. The van der Waals surface area contributed by atoms with E-state index in [0.29, 0.717) is 12.1 Å². The maximum absolute atomic E-state index is 13.1. The zero-order valence-electron chi connectivity index (χ0n) is 17.7. The van der Waals surface area contributed by atoms with Crippen LogP contribution in [-0.4, -0.2) is 67.2 Å². The number of aliphatic hydroxyl groups is 1. The summed E-state index contributed by atoms with van der Waals surface area (Å²) in [7, 11) is 1.70. The number of hydrogen-bond donors (Lipinski definition) is 1. The number of methoxy groups -OCH3 is 1. The summed E-state index contributed by atoms with van der Waals surface area (Å²) >= 11 is 0. The maximum atomic E-state index is 13.1. The van der Waals surface area contributed by atoms with Gasteiger partial charge in [-0.1, -0.05) is 42.5 Å². The van der Waals surface area contributed by atoms with Crippen LogP contribution in [0.5, 0.6) is 5.75 Å². The van der Waals surface area contributed by atoms with Gasteiger partial charge in [0.05, 0.1) is 12.8 Å². The summed E-state index contributed by atoms with van der Waals surface area (Å²) in [5.74, 6) is 0.801. The van der Waals surface area contributed by atoms with Crippen molar-refractivity contribution < 1.29 is 14.6 Å². The van der Waals surface area contributed by atoms with Crippen LogP contribution < -0.4 is 9.64 Å². The second-order valence-electron chi connectivity index (χ2n) is 8.12. The highest BCUT2D eigenvalue weighted by Crippen LogP contribution is 2.35. The van der Waals surface area contributed by atoms with Crippen LogP contribution in [0.1, 0.15) is 22.1 Å². The average Bonchev–Trinajstić information content (AvgIpc) is 2.82. The van der Waals surface area contributed by atoms with Crippen molar-refractivity contribution in [1.29, 1.82) is 0 Å². The lowest BCUT2D eigenvalue weighted by Crippen LogP contribution is -2.50. The Kier molecular flexibility index (Phi) is 5.26. The van der Waals surface area contributed by atoms with E-state index in [1.54, 1.807) is 12.0 Å². The lowest BCUT2D eigenvalue weighted by molar-refractivity contribution is 0.000968. The molecule has 0 spiro atoms. The van der Waals surface area contributed by atoms with E-state index in [0.717, 1.165) is 60.5 Å². The van der Waals surface area contributed by atoms with E-state index in [-0.39, 0.29) is 5.91 Å². The van der Waals surface area contributed by atoms with Crippen LogP contribution in [-0.2, 0) is 0 Å². The van der Waals surface area contributed by atoms with Crippen molar-refractivity contribution in [2.45, 2.75) is 6.23 Å². The number of carbonyl (C=O) groups excluding carboxylic acids is 1. The minimum absolute atomic E-state index is 0.0931. The number of carbonyl (C=O) groups is 1. The fraction of sp³-hybridized carbons (Fsp3) is 0.320. The summed E-state index contributed by atoms with van der Waals surface area (Å²) in [6.07, 6.45) is -0.902. The molecule has 0 saturated carbocycles. The van der Waals surface area contributed by atoms with Gasteiger partial charge in [-0.2, -0.15) is 0 Å². The first-order valence-corrected chi connectivity index (χ1v) is 10.8. The van der Waals surface area contributed by atoms with Crippen molar-refractivity contribution in [1.82, 2.24) is 9.80 Å². The minimum Gasteiger partial charge on any atom is -0.495 e. The number of anilines is 1. The van der Waals surface area contributed by atoms with E-state index in [1.165, 1.54) is 0 Å². The molecular weight excluding hydrogens is 390 g/mol. The van der Waals surface area contributed by atoms with Gasteiger partial charge in [0.15, 0.2) is 6.23 Å². The van der Waals surface area contributed by atoms with E-state index in [4.69, 9.17) is 4.74 Å². The maximum Gasteiger partial charge on any atom is 0.256 e. The first-order valence-electron chi connectivity index (χ1n) is 10.8. The number of nitrogens with zero attached hydrogens (tertiary/aromatic N) is 3. The van der Waals surface area contributed by atoms with Gasteiger partial charge in [0.2, 0.25) is 0 Å². The summed E-state index contributed by atoms with van der Waals surface area (Å²) in [4.78, 5) is 19.4. The van der Waals surface area contributed by atoms with Crippen molar-refractivity contribution in [2.24, 2.45) is 0 Å². The molecule has 0 bridgehead atoms. The van der Waals surface area contributed by atoms with E-state index >= 15 is 0 Å². The fourth-order valence-corrected chi connectivity index (χ4v) is 4.77. The fourth-order valence-electron chi connectivity index (χ4n) is 4.77. The molecule has 1 unspecified atom stereocenters. The first kappa shape index (κ1) is 19.8. The number of hydrogen-bond acceptors (Lipinski definition) is 5. The Labute approximate surface area is 182 Å². The number of para-hydroxylation sites is 2. The highest BCUT2D eigenvalue weighted by molar-refractivity contribution is 6.10. The SMILES string of the molecule is COc1ccccc1N1CCN(CCN2C(=O)c3cccc4cccc(c34)C2O)CC1. The topological polar surface area (TPSA) is 56.2 Å². The van der Waals surface area contributed by atoms with Gasteiger partial charge in [-0.25, -0.2) is 0 Å². The third-order valence-corrected chi connectivity index (χ3v) is 6.46. The molecule has 2 aliphatic rings. The van der Waals surface area contributed by atoms with Crippen LogP contribution in [0.2, 0.25) is 0 Å². The highest BCUT2D eigenvalue weighted by atomic mass is 16.5. The Morgan fingerprint density at radius 3 is 2.45 bits per heavy atom. The van der Waals surface area contributed by atoms with Gasteiger partial charge in [0.1, 0.15) is 5.75 Å². The molecule has 0 aromatic heterocycles. The van der Waals surface area contributed by atoms with E-state index in [1.807, 2.05) is 54.6 Å². The summed E-state index contributed by atoms with van der Waals surface area (Å²) in [5, 5.41) is 12.8. The standard InChI is InChI=1S/C25H27N3O3/c1-31-22-11-3-2-10-21(22)27-15-12-26(13-16-27)14-17-28-24(29)19-8-4-6-18-7-5-9-20(23(18)19)25(28)30/h2-11,24,29H,12-17H2,1H3. The zero-order valence-corrected chi connectivity index (χ0v) is 17.7. The second kappa shape index (κ2) is 8.21. The lowest BCUT2D eigenvalue weighted by Gasteiger charge is -2.39. The van der Waals surface area contributed by atoms with Gasteiger partial charge in [-0.3, -0.25) is 9.69 Å². The molecule has 0 aliphatic carbocycles. The molecule has 5 rings (SSSR count). The second-order valence-corrected chi connectivity index (χ2v) is 8.12. The molecule has 6 nitrogen and oxygen atoms in total. The lowest BCUT2D eigenvalue weighted by atomic mass is 9.93. The van der Waals surface area contributed by atoms with Gasteiger partial charge < -0.3 is 19.6 Å². The normalized spacial score (nSPS) is 19.2. The molecule has 1 saturated heterocycles. The molecular formula is C25H27N3O3. The molecule has 2 aliphatic heterocycles. The molecule has 0 radical (unpaired) electrons. The molecule has 1 atom stereocenters. The Balaban J connectivity index is 1.25. The van der Waals surface area contributed by atoms with Crippen LogP contribution >= 0.6 is 0 Å². The van der Waals surface area contributed by atoms with Crippen molar-refractivity contribution in [3.63, 3.8) is 0 Å². The Morgan fingerprint density at radius 2 is 1.68 bits per heavy atom. The number of rotatable bonds is 5. The molecule has 3 aromatic carbocycles. The Morgan fingerprint density at radius 1 is 0.935 bits per heavy atom. The predicted molar refractivity (Wildman–Crippen MR) is 122 cm³/mol. The van der Waals surface area contributed by atoms with Crippen LogP contribution in [0, 0.1) is 0 Å². The summed E-state index contributed by atoms with van der Waals surface area (Å²) < 4.78 is 5.50. The summed E-state index contributed by atoms with van der Waals surface area (Å²) in [6.45, 7) is 4.85. The number of ether oxygens (including phenoxy) is 1. The Bertz CT molecular complexity index is 1100. The van der Waals surface area contributed by atoms with Gasteiger partial charge in [0.25, 0.3) is 5.91 Å². The first-order chi connectivity index (χ1) is 15.2. The number of piperazine rings is 1. The van der Waals surface area contributed by atoms with E-state index in [9.17, 15) is 9.90 Å². The van der Waals surface area contributed by atoms with Crippen molar-refractivity contribution in [3.8, 4) is 5.75 Å². The predicted octanol–water partition coefficient (Wildman–Crippen LogP) is 3.12. The van der Waals surface area contributed by atoms with Crippen molar-refractivity contribution in [3.05, 3.63) is 71.8 Å². The number of aliphatic hydroxyl groups excluding tert-OH is 1. The van der Waals surface area contributed by atoms with Gasteiger partial charge in [-0.05, 0) is 23.6 Å². The largest absolute Gasteiger partial charge is 0.495 e. The monoisotopic (exact) mass is 417 g/mol. The number of benzene rings is 3.